The molecule has 1 saturated heterocycles. The molecule has 0 spiro atoms. The van der Waals surface area contributed by atoms with Crippen LogP contribution in [0.25, 0.3) is 0 Å². The highest BCUT2D eigenvalue weighted by atomic mass is 79.9. The summed E-state index contributed by atoms with van der Waals surface area (Å²) >= 11 is 9.63. The molecule has 0 aliphatic carbocycles. The summed E-state index contributed by atoms with van der Waals surface area (Å²) in [6.45, 7) is 8.15. The minimum absolute atomic E-state index is 0. The Kier molecular flexibility index (Phi) is 10.2. The van der Waals surface area contributed by atoms with E-state index in [1.54, 1.807) is 0 Å². The van der Waals surface area contributed by atoms with Crippen LogP contribution < -0.4 is 5.32 Å². The predicted molar refractivity (Wildman–Crippen MR) is 95.6 cm³/mol. The molecule has 114 valence electrons. The van der Waals surface area contributed by atoms with Crippen molar-refractivity contribution in [2.45, 2.75) is 12.5 Å². The predicted octanol–water partition coefficient (Wildman–Crippen LogP) is 4.47. The van der Waals surface area contributed by atoms with Gasteiger partial charge in [-0.25, -0.2) is 0 Å². The first-order valence-electron chi connectivity index (χ1n) is 6.23. The molecule has 2 nitrogen and oxygen atoms in total. The first-order valence-corrected chi connectivity index (χ1v) is 7.40. The average Bonchev–Trinajstić information content (AvgIpc) is 2.38. The van der Waals surface area contributed by atoms with Crippen LogP contribution in [0.5, 0.6) is 0 Å². The van der Waals surface area contributed by atoms with Crippen molar-refractivity contribution in [3.05, 3.63) is 45.9 Å². The Bertz CT molecular complexity index is 423. The fourth-order valence-corrected chi connectivity index (χ4v) is 3.34. The highest BCUT2D eigenvalue weighted by Gasteiger charge is 2.22. The van der Waals surface area contributed by atoms with Gasteiger partial charge in [-0.3, -0.25) is 4.90 Å². The first kappa shape index (κ1) is 20.2. The van der Waals surface area contributed by atoms with Crippen LogP contribution >= 0.6 is 52.3 Å². The highest BCUT2D eigenvalue weighted by molar-refractivity contribution is 9.10. The van der Waals surface area contributed by atoms with E-state index in [0.29, 0.717) is 6.04 Å². The van der Waals surface area contributed by atoms with Gasteiger partial charge in [0.2, 0.25) is 0 Å². The molecule has 1 N–H and O–H groups in total. The lowest BCUT2D eigenvalue weighted by Crippen LogP contribution is -2.45. The maximum Gasteiger partial charge on any atom is 0.0417 e. The van der Waals surface area contributed by atoms with Crippen LogP contribution in [0.2, 0.25) is 5.02 Å². The van der Waals surface area contributed by atoms with Crippen molar-refractivity contribution in [1.82, 2.24) is 10.2 Å². The SMILES string of the molecule is C=CC[C@@H](c1ccc(Cl)cc1Br)N1CCNCC1.Cl.Cl. The van der Waals surface area contributed by atoms with Gasteiger partial charge in [0, 0.05) is 41.7 Å². The summed E-state index contributed by atoms with van der Waals surface area (Å²) < 4.78 is 1.08. The Balaban J connectivity index is 0.00000180. The topological polar surface area (TPSA) is 15.3 Å². The minimum Gasteiger partial charge on any atom is -0.314 e. The summed E-state index contributed by atoms with van der Waals surface area (Å²) in [5, 5.41) is 4.15. The van der Waals surface area contributed by atoms with Gasteiger partial charge in [-0.2, -0.15) is 0 Å². The van der Waals surface area contributed by atoms with Gasteiger partial charge in [-0.15, -0.1) is 31.4 Å². The van der Waals surface area contributed by atoms with E-state index < -0.39 is 0 Å². The van der Waals surface area contributed by atoms with E-state index in [1.807, 2.05) is 18.2 Å². The molecule has 1 aromatic carbocycles. The van der Waals surface area contributed by atoms with Gasteiger partial charge in [0.15, 0.2) is 0 Å². The standard InChI is InChI=1S/C14H18BrClN2.2ClH/c1-2-3-14(18-8-6-17-7-9-18)12-5-4-11(16)10-13(12)15;;/h2,4-5,10,14,17H,1,3,6-9H2;2*1H/t14-;;/m0../s1. The largest absolute Gasteiger partial charge is 0.314 e. The number of nitrogens with zero attached hydrogens (tertiary/aromatic N) is 1. The number of halogens is 4. The van der Waals surface area contributed by atoms with Gasteiger partial charge in [0.05, 0.1) is 0 Å². The van der Waals surface area contributed by atoms with E-state index in [-0.39, 0.29) is 24.8 Å². The third-order valence-electron chi connectivity index (χ3n) is 3.30. The van der Waals surface area contributed by atoms with Crippen LogP contribution in [-0.2, 0) is 0 Å². The molecule has 1 fully saturated rings. The maximum absolute atomic E-state index is 6.01. The molecule has 20 heavy (non-hydrogen) atoms. The second-order valence-electron chi connectivity index (χ2n) is 4.49. The summed E-state index contributed by atoms with van der Waals surface area (Å²) in [5.41, 5.74) is 1.29. The van der Waals surface area contributed by atoms with Crippen molar-refractivity contribution in [2.75, 3.05) is 26.2 Å². The third kappa shape index (κ3) is 5.21. The van der Waals surface area contributed by atoms with Crippen molar-refractivity contribution in [1.29, 1.82) is 0 Å². The highest BCUT2D eigenvalue weighted by Crippen LogP contribution is 2.32. The Morgan fingerprint density at radius 2 is 2.00 bits per heavy atom. The van der Waals surface area contributed by atoms with Crippen LogP contribution in [0.1, 0.15) is 18.0 Å². The maximum atomic E-state index is 6.01. The second kappa shape index (κ2) is 10.0. The molecule has 6 heteroatoms. The van der Waals surface area contributed by atoms with Gasteiger partial charge in [-0.1, -0.05) is 39.7 Å². The molecule has 0 bridgehead atoms. The zero-order chi connectivity index (χ0) is 13.0. The van der Waals surface area contributed by atoms with Gasteiger partial charge in [-0.05, 0) is 24.1 Å². The van der Waals surface area contributed by atoms with Crippen LogP contribution in [0.3, 0.4) is 0 Å². The van der Waals surface area contributed by atoms with Gasteiger partial charge < -0.3 is 5.32 Å². The number of hydrogen-bond acceptors (Lipinski definition) is 2. The summed E-state index contributed by atoms with van der Waals surface area (Å²) in [6, 6.07) is 6.42. The molecule has 1 heterocycles. The number of nitrogens with one attached hydrogen (secondary N) is 1. The molecule has 1 atom stereocenters. The Labute approximate surface area is 146 Å². The molecule has 1 aliphatic rings. The van der Waals surface area contributed by atoms with Crippen molar-refractivity contribution >= 4 is 52.3 Å². The molecule has 0 unspecified atom stereocenters. The van der Waals surface area contributed by atoms with Crippen LogP contribution in [0.4, 0.5) is 0 Å². The lowest BCUT2D eigenvalue weighted by molar-refractivity contribution is 0.174. The molecular formula is C14H20BrCl3N2. The molecule has 0 radical (unpaired) electrons. The molecule has 0 amide bonds. The zero-order valence-corrected chi connectivity index (χ0v) is 15.1. The number of benzene rings is 1. The molecule has 1 aliphatic heterocycles. The fraction of sp³-hybridized carbons (Fsp3) is 0.429. The van der Waals surface area contributed by atoms with Crippen molar-refractivity contribution in [2.24, 2.45) is 0 Å². The van der Waals surface area contributed by atoms with E-state index in [2.05, 4.69) is 38.8 Å². The third-order valence-corrected chi connectivity index (χ3v) is 4.23. The Hall–Kier alpha value is 0.230. The molecule has 2 rings (SSSR count). The smallest absolute Gasteiger partial charge is 0.0417 e. The van der Waals surface area contributed by atoms with Gasteiger partial charge >= 0.3 is 0 Å². The molecule has 0 saturated carbocycles. The van der Waals surface area contributed by atoms with Crippen molar-refractivity contribution in [3.8, 4) is 0 Å². The summed E-state index contributed by atoms with van der Waals surface area (Å²) in [7, 11) is 0. The van der Waals surface area contributed by atoms with Gasteiger partial charge in [0.25, 0.3) is 0 Å². The van der Waals surface area contributed by atoms with Crippen LogP contribution in [-0.4, -0.2) is 31.1 Å². The lowest BCUT2D eigenvalue weighted by Gasteiger charge is -2.35. The van der Waals surface area contributed by atoms with Crippen LogP contribution in [0.15, 0.2) is 35.3 Å². The summed E-state index contributed by atoms with van der Waals surface area (Å²) in [5.74, 6) is 0. The minimum atomic E-state index is 0. The fourth-order valence-electron chi connectivity index (χ4n) is 2.40. The van der Waals surface area contributed by atoms with E-state index in [1.165, 1.54) is 5.56 Å². The Morgan fingerprint density at radius 3 is 2.55 bits per heavy atom. The van der Waals surface area contributed by atoms with E-state index >= 15 is 0 Å². The second-order valence-corrected chi connectivity index (χ2v) is 5.78. The number of rotatable bonds is 4. The first-order chi connectivity index (χ1) is 8.72. The van der Waals surface area contributed by atoms with Crippen LogP contribution in [0, 0.1) is 0 Å². The normalized spacial score (nSPS) is 16.7. The molecule has 1 aromatic rings. The number of hydrogen-bond donors (Lipinski definition) is 1. The number of piperazine rings is 1. The monoisotopic (exact) mass is 400 g/mol. The zero-order valence-electron chi connectivity index (χ0n) is 11.1. The average molecular weight is 403 g/mol. The Morgan fingerprint density at radius 1 is 1.35 bits per heavy atom. The summed E-state index contributed by atoms with van der Waals surface area (Å²) in [6.07, 6.45) is 2.95. The molecular weight excluding hydrogens is 382 g/mol. The van der Waals surface area contributed by atoms with E-state index in [4.69, 9.17) is 11.6 Å². The quantitative estimate of drug-likeness (QED) is 0.748. The van der Waals surface area contributed by atoms with Crippen molar-refractivity contribution < 1.29 is 0 Å². The van der Waals surface area contributed by atoms with E-state index in [9.17, 15) is 0 Å². The van der Waals surface area contributed by atoms with E-state index in [0.717, 1.165) is 42.1 Å². The van der Waals surface area contributed by atoms with Crippen molar-refractivity contribution in [3.63, 3.8) is 0 Å². The summed E-state index contributed by atoms with van der Waals surface area (Å²) in [4.78, 5) is 2.51. The molecule has 0 aromatic heterocycles. The van der Waals surface area contributed by atoms with Gasteiger partial charge in [0.1, 0.15) is 0 Å². The lowest BCUT2D eigenvalue weighted by atomic mass is 10.0.